The number of benzene rings is 1. The first kappa shape index (κ1) is 21.3. The zero-order valence-electron chi connectivity index (χ0n) is 15.5. The third-order valence-corrected chi connectivity index (χ3v) is 17.2. The Bertz CT molecular complexity index is 358. The van der Waals surface area contributed by atoms with Gasteiger partial charge in [-0.15, -0.1) is 0 Å². The molecule has 0 heterocycles. The summed E-state index contributed by atoms with van der Waals surface area (Å²) in [5.74, 6) is 0. The summed E-state index contributed by atoms with van der Waals surface area (Å²) in [6.07, 6.45) is 0. The van der Waals surface area contributed by atoms with Crippen molar-refractivity contribution in [3.63, 3.8) is 0 Å². The average Bonchev–Trinajstić information content (AvgIpc) is 2.52. The van der Waals surface area contributed by atoms with E-state index in [9.17, 15) is 0 Å². The van der Waals surface area contributed by atoms with Crippen LogP contribution in [-0.4, -0.2) is 16.1 Å². The van der Waals surface area contributed by atoms with Crippen molar-refractivity contribution in [1.29, 1.82) is 0 Å². The molecule has 114 valence electrons. The monoisotopic (exact) mass is 312 g/mol. The molecule has 1 aromatic rings. The van der Waals surface area contributed by atoms with Gasteiger partial charge < -0.3 is 0 Å². The summed E-state index contributed by atoms with van der Waals surface area (Å²) < 4.78 is 0. The van der Waals surface area contributed by atoms with Gasteiger partial charge in [-0.25, -0.2) is 0 Å². The van der Waals surface area contributed by atoms with E-state index < -0.39 is 16.1 Å². The van der Waals surface area contributed by atoms with Gasteiger partial charge >= 0.3 is 18.9 Å². The quantitative estimate of drug-likeness (QED) is 0.508. The summed E-state index contributed by atoms with van der Waals surface area (Å²) in [6.45, 7) is 14.4. The van der Waals surface area contributed by atoms with Gasteiger partial charge in [0.1, 0.15) is 0 Å². The molecule has 0 unspecified atom stereocenters. The zero-order chi connectivity index (χ0) is 15.2. The fourth-order valence-corrected chi connectivity index (χ4v) is 11.1. The summed E-state index contributed by atoms with van der Waals surface area (Å²) in [7, 11) is -2.50. The van der Waals surface area contributed by atoms with Crippen LogP contribution in [0.5, 0.6) is 0 Å². The second-order valence-electron chi connectivity index (χ2n) is 6.19. The summed E-state index contributed by atoms with van der Waals surface area (Å²) >= 11 is 0. The number of hydrogen-bond donors (Lipinski definition) is 0. The molecule has 0 saturated carbocycles. The maximum Gasteiger partial charge on any atom is 1.00 e. The van der Waals surface area contributed by atoms with Crippen LogP contribution in [0, 0.1) is 6.07 Å². The standard InChI is InChI=1S/C18H33Si2.Li/c1-7-19(8-2,9-3)17-14-13-15-18(16-17)20(10-4,11-5)12-6;/h14-16H,7-12H2,1-6H3;/q-1;+1. The van der Waals surface area contributed by atoms with Crippen molar-refractivity contribution in [3.05, 3.63) is 24.3 Å². The number of hydrogen-bond acceptors (Lipinski definition) is 0. The Hall–Kier alpha value is 0.251. The molecule has 1 aromatic carbocycles. The first-order valence-electron chi connectivity index (χ1n) is 8.60. The molecule has 0 spiro atoms. The van der Waals surface area contributed by atoms with E-state index in [0.29, 0.717) is 0 Å². The van der Waals surface area contributed by atoms with Gasteiger partial charge in [0.05, 0.1) is 0 Å². The molecule has 0 saturated heterocycles. The van der Waals surface area contributed by atoms with Gasteiger partial charge in [0.2, 0.25) is 0 Å². The molecule has 3 heteroatoms. The van der Waals surface area contributed by atoms with Crippen molar-refractivity contribution in [1.82, 2.24) is 0 Å². The maximum absolute atomic E-state index is 3.52. The number of rotatable bonds is 8. The Labute approximate surface area is 147 Å². The van der Waals surface area contributed by atoms with Crippen molar-refractivity contribution in [2.24, 2.45) is 0 Å². The molecule has 0 bridgehead atoms. The third kappa shape index (κ3) is 4.16. The Kier molecular flexibility index (Phi) is 9.52. The summed E-state index contributed by atoms with van der Waals surface area (Å²) in [5.41, 5.74) is 0. The summed E-state index contributed by atoms with van der Waals surface area (Å²) in [5, 5.41) is 3.35. The SMILES string of the molecule is CC[Si](CC)(CC)c1c[c-]cc([Si](CC)(CC)CC)c1.[Li+]. The van der Waals surface area contributed by atoms with Crippen LogP contribution in [0.15, 0.2) is 18.2 Å². The molecule has 0 N–H and O–H groups in total. The molecular formula is C18H33LiSi2. The zero-order valence-corrected chi connectivity index (χ0v) is 17.5. The predicted octanol–water partition coefficient (Wildman–Crippen LogP) is 1.92. The van der Waals surface area contributed by atoms with Crippen LogP contribution in [0.4, 0.5) is 0 Å². The van der Waals surface area contributed by atoms with E-state index in [0.717, 1.165) is 0 Å². The van der Waals surface area contributed by atoms with Gasteiger partial charge in [-0.05, 0) is 0 Å². The Morgan fingerprint density at radius 2 is 0.952 bits per heavy atom. The Balaban J connectivity index is 0.00000400. The third-order valence-electron chi connectivity index (χ3n) is 6.07. The summed E-state index contributed by atoms with van der Waals surface area (Å²) in [6, 6.07) is 19.0. The van der Waals surface area contributed by atoms with Crippen LogP contribution in [-0.2, 0) is 0 Å². The smallest absolute Gasteiger partial charge is 0.184 e. The fraction of sp³-hybridized carbons (Fsp3) is 0.667. The molecule has 0 amide bonds. The second kappa shape index (κ2) is 9.40. The topological polar surface area (TPSA) is 0 Å². The minimum Gasteiger partial charge on any atom is -0.184 e. The molecular weight excluding hydrogens is 279 g/mol. The predicted molar refractivity (Wildman–Crippen MR) is 98.9 cm³/mol. The van der Waals surface area contributed by atoms with Gasteiger partial charge in [-0.2, -0.15) is 34.6 Å². The largest absolute Gasteiger partial charge is 1.00 e. The van der Waals surface area contributed by atoms with Gasteiger partial charge in [0.15, 0.2) is 0 Å². The molecule has 0 aliphatic carbocycles. The van der Waals surface area contributed by atoms with E-state index in [-0.39, 0.29) is 18.9 Å². The van der Waals surface area contributed by atoms with Crippen molar-refractivity contribution in [2.75, 3.05) is 0 Å². The van der Waals surface area contributed by atoms with Crippen LogP contribution < -0.4 is 29.2 Å². The minimum atomic E-state index is -1.25. The first-order chi connectivity index (χ1) is 9.57. The average molecular weight is 313 g/mol. The van der Waals surface area contributed by atoms with E-state index >= 15 is 0 Å². The minimum absolute atomic E-state index is 0. The van der Waals surface area contributed by atoms with E-state index in [2.05, 4.69) is 65.8 Å². The second-order valence-corrected chi connectivity index (χ2v) is 16.7. The van der Waals surface area contributed by atoms with Gasteiger partial charge in [0.25, 0.3) is 0 Å². The van der Waals surface area contributed by atoms with Crippen molar-refractivity contribution < 1.29 is 18.9 Å². The van der Waals surface area contributed by atoms with E-state index in [1.54, 1.807) is 10.4 Å². The van der Waals surface area contributed by atoms with Crippen molar-refractivity contribution in [2.45, 2.75) is 77.8 Å². The van der Waals surface area contributed by atoms with Crippen LogP contribution in [0.1, 0.15) is 41.5 Å². The first-order valence-corrected chi connectivity index (χ1v) is 13.8. The van der Waals surface area contributed by atoms with Crippen LogP contribution in [0.3, 0.4) is 0 Å². The molecule has 21 heavy (non-hydrogen) atoms. The van der Waals surface area contributed by atoms with Crippen molar-refractivity contribution in [3.8, 4) is 0 Å². The van der Waals surface area contributed by atoms with Gasteiger partial charge in [0, 0.05) is 16.1 Å². The van der Waals surface area contributed by atoms with Gasteiger partial charge in [-0.1, -0.05) is 77.8 Å². The van der Waals surface area contributed by atoms with E-state index in [1.807, 2.05) is 0 Å². The van der Waals surface area contributed by atoms with Crippen molar-refractivity contribution >= 4 is 26.5 Å². The molecule has 1 rings (SSSR count). The molecule has 0 radical (unpaired) electrons. The van der Waals surface area contributed by atoms with Crippen LogP contribution in [0.2, 0.25) is 36.3 Å². The molecule has 0 aliphatic rings. The summed E-state index contributed by atoms with van der Waals surface area (Å²) in [4.78, 5) is 0. The maximum atomic E-state index is 3.52. The fourth-order valence-electron chi connectivity index (χ4n) is 3.81. The molecule has 0 aliphatic heterocycles. The Morgan fingerprint density at radius 1 is 0.667 bits per heavy atom. The van der Waals surface area contributed by atoms with Crippen LogP contribution in [0.25, 0.3) is 0 Å². The molecule has 0 atom stereocenters. The van der Waals surface area contributed by atoms with E-state index in [1.165, 1.54) is 36.3 Å². The molecule has 0 aromatic heterocycles. The molecule has 0 nitrogen and oxygen atoms in total. The van der Waals surface area contributed by atoms with E-state index in [4.69, 9.17) is 0 Å². The Morgan fingerprint density at radius 3 is 1.19 bits per heavy atom. The normalized spacial score (nSPS) is 12.1. The van der Waals surface area contributed by atoms with Crippen LogP contribution >= 0.6 is 0 Å². The van der Waals surface area contributed by atoms with Gasteiger partial charge in [-0.3, -0.25) is 0 Å². The molecule has 0 fully saturated rings.